The number of hydrogen-bond acceptors (Lipinski definition) is 4. The minimum absolute atomic E-state index is 0.212. The van der Waals surface area contributed by atoms with Gasteiger partial charge < -0.3 is 19.7 Å². The molecule has 1 saturated heterocycles. The number of carbonyl (C=O) groups is 2. The Morgan fingerprint density at radius 3 is 2.07 bits per heavy atom. The molecule has 0 saturated carbocycles. The third kappa shape index (κ3) is 4.48. The fraction of sp³-hybridized carbons (Fsp3) is 0.273. The van der Waals surface area contributed by atoms with Crippen molar-refractivity contribution in [1.82, 2.24) is 0 Å². The number of benzene rings is 2. The first-order valence-electron chi connectivity index (χ1n) is 9.17. The summed E-state index contributed by atoms with van der Waals surface area (Å²) < 4.78 is 39.0. The van der Waals surface area contributed by atoms with Gasteiger partial charge in [-0.25, -0.2) is 18.4 Å². The van der Waals surface area contributed by atoms with Crippen LogP contribution in [-0.2, 0) is 25.5 Å². The van der Waals surface area contributed by atoms with Gasteiger partial charge in [0.15, 0.2) is 30.1 Å². The number of ether oxygens (including phenoxy) is 2. The van der Waals surface area contributed by atoms with Crippen molar-refractivity contribution in [2.75, 3.05) is 0 Å². The smallest absolute Gasteiger partial charge is 0.336 e. The lowest BCUT2D eigenvalue weighted by Gasteiger charge is -2.12. The van der Waals surface area contributed by atoms with Crippen molar-refractivity contribution in [3.05, 3.63) is 70.3 Å². The van der Waals surface area contributed by atoms with E-state index in [9.17, 15) is 18.4 Å². The Bertz CT molecular complexity index is 1000. The van der Waals surface area contributed by atoms with Crippen LogP contribution in [-0.4, -0.2) is 34.4 Å². The molecule has 6 nitrogen and oxygen atoms in total. The first kappa shape index (κ1) is 21.4. The van der Waals surface area contributed by atoms with Gasteiger partial charge in [0.1, 0.15) is 0 Å². The molecule has 2 aromatic carbocycles. The number of carboxylic acid groups (broad SMARTS) is 2. The molecule has 1 aliphatic heterocycles. The van der Waals surface area contributed by atoms with Gasteiger partial charge in [0.2, 0.25) is 0 Å². The molecule has 1 fully saturated rings. The topological polar surface area (TPSA) is 93.1 Å². The van der Waals surface area contributed by atoms with Crippen LogP contribution in [0.15, 0.2) is 36.4 Å². The van der Waals surface area contributed by atoms with Crippen LogP contribution >= 0.6 is 0 Å². The Balaban J connectivity index is 1.83. The minimum Gasteiger partial charge on any atom is -0.479 e. The zero-order valence-electron chi connectivity index (χ0n) is 15.9. The number of aliphatic carboxylic acids is 2. The van der Waals surface area contributed by atoms with Crippen molar-refractivity contribution in [2.24, 2.45) is 0 Å². The lowest BCUT2D eigenvalue weighted by Crippen LogP contribution is -2.36. The Kier molecular flexibility index (Phi) is 6.45. The third-order valence-electron chi connectivity index (χ3n) is 4.50. The summed E-state index contributed by atoms with van der Waals surface area (Å²) in [4.78, 5) is 22.2. The highest BCUT2D eigenvalue weighted by Crippen LogP contribution is 2.34. The molecule has 2 atom stereocenters. The summed E-state index contributed by atoms with van der Waals surface area (Å²) >= 11 is 0. The largest absolute Gasteiger partial charge is 0.479 e. The van der Waals surface area contributed by atoms with Crippen molar-refractivity contribution in [1.29, 1.82) is 0 Å². The molecular weight excluding hydrogens is 398 g/mol. The van der Waals surface area contributed by atoms with E-state index in [1.807, 2.05) is 12.1 Å². The highest BCUT2D eigenvalue weighted by molar-refractivity contribution is 5.84. The molecule has 0 amide bonds. The van der Waals surface area contributed by atoms with E-state index in [4.69, 9.17) is 19.7 Å². The quantitative estimate of drug-likeness (QED) is 0.727. The summed E-state index contributed by atoms with van der Waals surface area (Å²) in [7, 11) is 0. The highest BCUT2D eigenvalue weighted by Gasteiger charge is 2.47. The van der Waals surface area contributed by atoms with Gasteiger partial charge in [-0.1, -0.05) is 37.3 Å². The van der Waals surface area contributed by atoms with Crippen LogP contribution < -0.4 is 0 Å². The van der Waals surface area contributed by atoms with Crippen LogP contribution in [0.3, 0.4) is 0 Å². The van der Waals surface area contributed by atoms with Crippen molar-refractivity contribution in [2.45, 2.75) is 38.3 Å². The molecule has 0 bridgehead atoms. The second-order valence-corrected chi connectivity index (χ2v) is 6.65. The molecule has 30 heavy (non-hydrogen) atoms. The van der Waals surface area contributed by atoms with E-state index in [2.05, 4.69) is 18.8 Å². The van der Waals surface area contributed by atoms with E-state index in [1.54, 1.807) is 12.1 Å². The first-order chi connectivity index (χ1) is 14.3. The predicted octanol–water partition coefficient (Wildman–Crippen LogP) is 3.27. The molecule has 156 valence electrons. The van der Waals surface area contributed by atoms with Crippen LogP contribution in [0.25, 0.3) is 0 Å². The molecular formula is C22H18F2O6. The summed E-state index contributed by atoms with van der Waals surface area (Å²) in [6.45, 7) is 2.07. The van der Waals surface area contributed by atoms with Gasteiger partial charge in [-0.2, -0.15) is 0 Å². The molecule has 8 heteroatoms. The number of carboxylic acids is 2. The second-order valence-electron chi connectivity index (χ2n) is 6.65. The zero-order valence-corrected chi connectivity index (χ0v) is 15.9. The Morgan fingerprint density at radius 1 is 0.933 bits per heavy atom. The van der Waals surface area contributed by atoms with Gasteiger partial charge in [-0.3, -0.25) is 0 Å². The average molecular weight is 416 g/mol. The van der Waals surface area contributed by atoms with Gasteiger partial charge in [0.25, 0.3) is 0 Å². The van der Waals surface area contributed by atoms with Crippen molar-refractivity contribution in [3.8, 4) is 11.8 Å². The average Bonchev–Trinajstić information content (AvgIpc) is 3.16. The minimum atomic E-state index is -1.84. The summed E-state index contributed by atoms with van der Waals surface area (Å²) in [5, 5.41) is 18.1. The van der Waals surface area contributed by atoms with Crippen LogP contribution in [0.1, 0.15) is 41.9 Å². The molecule has 0 aromatic heterocycles. The van der Waals surface area contributed by atoms with E-state index in [0.717, 1.165) is 24.5 Å². The number of aryl methyl sites for hydroxylation is 1. The normalized spacial score (nSPS) is 18.6. The predicted molar refractivity (Wildman–Crippen MR) is 101 cm³/mol. The molecule has 0 spiro atoms. The van der Waals surface area contributed by atoms with Gasteiger partial charge >= 0.3 is 11.9 Å². The summed E-state index contributed by atoms with van der Waals surface area (Å²) in [5.74, 6) is -0.465. The maximum atomic E-state index is 14.5. The number of rotatable bonds is 5. The van der Waals surface area contributed by atoms with Crippen molar-refractivity contribution < 1.29 is 38.1 Å². The standard InChI is InChI=1S/C22H18F2O6/c1-2-3-12-4-6-13(7-5-12)8-9-14-10-11-15(17(24)16(14)23)22-29-18(20(25)26)19(30-22)21(27)28/h4-7,10-11,18-19,22H,2-3H2,1H3,(H,25,26)(H,27,28)/t18-,19-/m1/s1. The van der Waals surface area contributed by atoms with E-state index in [1.165, 1.54) is 6.07 Å². The fourth-order valence-corrected chi connectivity index (χ4v) is 2.99. The van der Waals surface area contributed by atoms with Crippen LogP contribution in [0, 0.1) is 23.5 Å². The van der Waals surface area contributed by atoms with Crippen LogP contribution in [0.5, 0.6) is 0 Å². The van der Waals surface area contributed by atoms with E-state index in [0.29, 0.717) is 5.56 Å². The Morgan fingerprint density at radius 2 is 1.53 bits per heavy atom. The van der Waals surface area contributed by atoms with Crippen molar-refractivity contribution in [3.63, 3.8) is 0 Å². The monoisotopic (exact) mass is 416 g/mol. The van der Waals surface area contributed by atoms with E-state index < -0.39 is 47.6 Å². The zero-order chi connectivity index (χ0) is 21.8. The molecule has 2 aromatic rings. The van der Waals surface area contributed by atoms with Crippen LogP contribution in [0.4, 0.5) is 8.78 Å². The fourth-order valence-electron chi connectivity index (χ4n) is 2.99. The van der Waals surface area contributed by atoms with Gasteiger partial charge in [-0.15, -0.1) is 0 Å². The maximum Gasteiger partial charge on any atom is 0.336 e. The second kappa shape index (κ2) is 9.03. The lowest BCUT2D eigenvalue weighted by molar-refractivity contribution is -0.156. The highest BCUT2D eigenvalue weighted by atomic mass is 19.2. The molecule has 0 radical (unpaired) electrons. The van der Waals surface area contributed by atoms with Crippen LogP contribution in [0.2, 0.25) is 0 Å². The SMILES string of the molecule is CCCc1ccc(C#Cc2ccc(C3O[C@@H](C(=O)O)[C@H](C(=O)O)O3)c(F)c2F)cc1. The summed E-state index contributed by atoms with van der Waals surface area (Å²) in [6, 6.07) is 9.74. The third-order valence-corrected chi connectivity index (χ3v) is 4.50. The molecule has 2 N–H and O–H groups in total. The van der Waals surface area contributed by atoms with Gasteiger partial charge in [0.05, 0.1) is 5.56 Å². The number of halogens is 2. The molecule has 1 heterocycles. The van der Waals surface area contributed by atoms with Gasteiger partial charge in [0, 0.05) is 11.1 Å². The summed E-state index contributed by atoms with van der Waals surface area (Å²) in [6.07, 6.45) is -3.41. The molecule has 0 unspecified atom stereocenters. The first-order valence-corrected chi connectivity index (χ1v) is 9.17. The Hall–Kier alpha value is -3.28. The van der Waals surface area contributed by atoms with Gasteiger partial charge in [-0.05, 0) is 36.2 Å². The Labute approximate surface area is 171 Å². The molecule has 1 aliphatic rings. The van der Waals surface area contributed by atoms with E-state index >= 15 is 0 Å². The number of hydrogen-bond donors (Lipinski definition) is 2. The van der Waals surface area contributed by atoms with Crippen molar-refractivity contribution >= 4 is 11.9 Å². The molecule has 3 rings (SSSR count). The van der Waals surface area contributed by atoms with E-state index in [-0.39, 0.29) is 5.56 Å². The summed E-state index contributed by atoms with van der Waals surface area (Å²) in [5.41, 5.74) is 1.13. The maximum absolute atomic E-state index is 14.5. The molecule has 0 aliphatic carbocycles. The lowest BCUT2D eigenvalue weighted by atomic mass is 10.1.